The highest BCUT2D eigenvalue weighted by atomic mass is 32.2. The average molecular weight is 599 g/mol. The van der Waals surface area contributed by atoms with Crippen LogP contribution in [0.1, 0.15) is 33.6 Å². The van der Waals surface area contributed by atoms with E-state index in [2.05, 4.69) is 61.1 Å². The third-order valence-electron chi connectivity index (χ3n) is 7.45. The second-order valence-electron chi connectivity index (χ2n) is 10.3. The van der Waals surface area contributed by atoms with Gasteiger partial charge in [0.1, 0.15) is 11.2 Å². The summed E-state index contributed by atoms with van der Waals surface area (Å²) in [6, 6.07) is 40.9. The van der Waals surface area contributed by atoms with Crippen molar-refractivity contribution in [2.75, 3.05) is 0 Å². The molecule has 0 amide bonds. The van der Waals surface area contributed by atoms with Crippen molar-refractivity contribution >= 4 is 15.7 Å². The van der Waals surface area contributed by atoms with Crippen molar-refractivity contribution in [2.45, 2.75) is 23.8 Å². The molecule has 0 radical (unpaired) electrons. The third kappa shape index (κ3) is 5.77. The summed E-state index contributed by atoms with van der Waals surface area (Å²) in [4.78, 5) is 7.33. The van der Waals surface area contributed by atoms with Gasteiger partial charge in [-0.05, 0) is 47.9 Å². The number of aryl methyl sites for hydroxylation is 1. The molecule has 0 atom stereocenters. The van der Waals surface area contributed by atoms with Gasteiger partial charge in [0.15, 0.2) is 0 Å². The van der Waals surface area contributed by atoms with Gasteiger partial charge in [0.25, 0.3) is 10.0 Å². The Hall–Kier alpha value is -5.41. The number of sulfonamides is 1. The van der Waals surface area contributed by atoms with Crippen LogP contribution < -0.4 is 4.83 Å². The number of hydrogen-bond donors (Lipinski definition) is 1. The van der Waals surface area contributed by atoms with Crippen LogP contribution in [0.4, 0.5) is 0 Å². The Morgan fingerprint density at radius 2 is 1.34 bits per heavy atom. The van der Waals surface area contributed by atoms with Crippen LogP contribution >= 0.6 is 0 Å². The zero-order valence-electron chi connectivity index (χ0n) is 24.0. The zero-order chi connectivity index (χ0) is 30.4. The molecule has 0 bridgehead atoms. The predicted octanol–water partition coefficient (Wildman–Crippen LogP) is 5.75. The molecule has 218 valence electrons. The Labute approximate surface area is 256 Å². The van der Waals surface area contributed by atoms with E-state index in [-0.39, 0.29) is 11.3 Å². The van der Waals surface area contributed by atoms with Gasteiger partial charge < -0.3 is 4.57 Å². The summed E-state index contributed by atoms with van der Waals surface area (Å²) in [6.45, 7) is 1.90. The molecule has 2 aromatic heterocycles. The van der Waals surface area contributed by atoms with Crippen LogP contribution in [0.15, 0.2) is 156 Å². The number of hydrazone groups is 1. The lowest BCUT2D eigenvalue weighted by atomic mass is 9.77. The monoisotopic (exact) mass is 598 g/mol. The standard InChI is InChI=1S/C35H30N6O2S/c1-27-19-21-32(22-20-27)44(42,43)40-39-33(24-31-18-11-23-37-38-31)34-25-41(26-36-34)35(28-12-5-2-6-13-28,29-14-7-3-8-15-29)30-16-9-4-10-17-30/h2-23,25-26,40H,24H2,1H3. The predicted molar refractivity (Wildman–Crippen MR) is 171 cm³/mol. The van der Waals surface area contributed by atoms with Crippen LogP contribution in [0, 0.1) is 6.92 Å². The third-order valence-corrected chi connectivity index (χ3v) is 8.67. The summed E-state index contributed by atoms with van der Waals surface area (Å²) in [5.41, 5.74) is 4.79. The van der Waals surface area contributed by atoms with Gasteiger partial charge in [-0.15, -0.1) is 0 Å². The van der Waals surface area contributed by atoms with Crippen LogP contribution in [0.3, 0.4) is 0 Å². The first-order valence-electron chi connectivity index (χ1n) is 14.1. The Morgan fingerprint density at radius 1 is 0.773 bits per heavy atom. The molecule has 0 fully saturated rings. The lowest BCUT2D eigenvalue weighted by Crippen LogP contribution is -2.37. The fourth-order valence-electron chi connectivity index (χ4n) is 5.31. The molecule has 9 heteroatoms. The van der Waals surface area contributed by atoms with Crippen molar-refractivity contribution < 1.29 is 8.42 Å². The highest BCUT2D eigenvalue weighted by molar-refractivity contribution is 7.89. The lowest BCUT2D eigenvalue weighted by Gasteiger charge is -2.37. The molecule has 4 aromatic carbocycles. The molecule has 44 heavy (non-hydrogen) atoms. The van der Waals surface area contributed by atoms with Crippen LogP contribution in [0.2, 0.25) is 0 Å². The molecule has 0 aliphatic carbocycles. The minimum Gasteiger partial charge on any atom is -0.318 e. The maximum Gasteiger partial charge on any atom is 0.276 e. The summed E-state index contributed by atoms with van der Waals surface area (Å²) in [6.07, 6.45) is 5.46. The van der Waals surface area contributed by atoms with E-state index in [4.69, 9.17) is 4.98 Å². The van der Waals surface area contributed by atoms with E-state index in [1.54, 1.807) is 42.9 Å². The smallest absolute Gasteiger partial charge is 0.276 e. The largest absolute Gasteiger partial charge is 0.318 e. The number of nitrogens with zero attached hydrogens (tertiary/aromatic N) is 5. The van der Waals surface area contributed by atoms with Crippen LogP contribution in [-0.2, 0) is 22.0 Å². The zero-order valence-corrected chi connectivity index (χ0v) is 24.8. The highest BCUT2D eigenvalue weighted by Crippen LogP contribution is 2.40. The lowest BCUT2D eigenvalue weighted by molar-refractivity contribution is 0.514. The van der Waals surface area contributed by atoms with Crippen molar-refractivity contribution in [3.05, 3.63) is 180 Å². The highest BCUT2D eigenvalue weighted by Gasteiger charge is 2.38. The summed E-state index contributed by atoms with van der Waals surface area (Å²) in [5, 5.41) is 12.6. The molecular formula is C35H30N6O2S. The van der Waals surface area contributed by atoms with E-state index in [0.29, 0.717) is 17.1 Å². The van der Waals surface area contributed by atoms with Crippen LogP contribution in [0.25, 0.3) is 0 Å². The number of rotatable bonds is 10. The summed E-state index contributed by atoms with van der Waals surface area (Å²) < 4.78 is 28.4. The molecule has 0 saturated heterocycles. The molecule has 0 spiro atoms. The quantitative estimate of drug-likeness (QED) is 0.123. The molecular weight excluding hydrogens is 568 g/mol. The van der Waals surface area contributed by atoms with Crippen molar-refractivity contribution in [1.29, 1.82) is 0 Å². The topological polar surface area (TPSA) is 102 Å². The molecule has 6 rings (SSSR count). The molecule has 8 nitrogen and oxygen atoms in total. The number of hydrogen-bond acceptors (Lipinski definition) is 6. The summed E-state index contributed by atoms with van der Waals surface area (Å²) in [7, 11) is -3.93. The van der Waals surface area contributed by atoms with E-state index >= 15 is 0 Å². The van der Waals surface area contributed by atoms with Gasteiger partial charge in [-0.2, -0.15) is 28.5 Å². The van der Waals surface area contributed by atoms with Gasteiger partial charge in [0.2, 0.25) is 0 Å². The summed E-state index contributed by atoms with van der Waals surface area (Å²) >= 11 is 0. The SMILES string of the molecule is Cc1ccc(S(=O)(=O)NN=C(Cc2cccnn2)c2cn(C(c3ccccc3)(c3ccccc3)c3ccccc3)cn2)cc1. The second kappa shape index (κ2) is 12.4. The number of nitrogens with one attached hydrogen (secondary N) is 1. The molecule has 1 N–H and O–H groups in total. The van der Waals surface area contributed by atoms with E-state index in [9.17, 15) is 8.42 Å². The van der Waals surface area contributed by atoms with Crippen molar-refractivity contribution in [3.8, 4) is 0 Å². The minimum atomic E-state index is -3.93. The van der Waals surface area contributed by atoms with Crippen molar-refractivity contribution in [2.24, 2.45) is 5.10 Å². The van der Waals surface area contributed by atoms with Gasteiger partial charge in [-0.3, -0.25) is 0 Å². The first-order chi connectivity index (χ1) is 21.5. The van der Waals surface area contributed by atoms with Gasteiger partial charge >= 0.3 is 0 Å². The molecule has 0 aliphatic rings. The Kier molecular flexibility index (Phi) is 8.12. The number of benzene rings is 4. The number of imidazole rings is 1. The van der Waals surface area contributed by atoms with Gasteiger partial charge in [0, 0.05) is 18.8 Å². The maximum absolute atomic E-state index is 13.2. The Morgan fingerprint density at radius 3 is 1.86 bits per heavy atom. The van der Waals surface area contributed by atoms with Crippen molar-refractivity contribution in [3.63, 3.8) is 0 Å². The molecule has 0 saturated carbocycles. The fourth-order valence-corrected chi connectivity index (χ4v) is 6.14. The van der Waals surface area contributed by atoms with E-state index in [1.807, 2.05) is 73.8 Å². The van der Waals surface area contributed by atoms with Gasteiger partial charge in [-0.25, -0.2) is 4.98 Å². The molecule has 2 heterocycles. The first kappa shape index (κ1) is 28.7. The number of aromatic nitrogens is 4. The van der Waals surface area contributed by atoms with Gasteiger partial charge in [0.05, 0.1) is 22.6 Å². The maximum atomic E-state index is 13.2. The van der Waals surface area contributed by atoms with Crippen LogP contribution in [-0.4, -0.2) is 33.9 Å². The van der Waals surface area contributed by atoms with Gasteiger partial charge in [-0.1, -0.05) is 109 Å². The molecule has 0 aliphatic heterocycles. The van der Waals surface area contributed by atoms with Crippen LogP contribution in [0.5, 0.6) is 0 Å². The Bertz CT molecular complexity index is 1870. The normalized spacial score (nSPS) is 12.2. The van der Waals surface area contributed by atoms with E-state index in [1.165, 1.54) is 0 Å². The fraction of sp³-hybridized carbons (Fsp3) is 0.0857. The molecule has 6 aromatic rings. The average Bonchev–Trinajstić information content (AvgIpc) is 3.56. The first-order valence-corrected chi connectivity index (χ1v) is 15.6. The van der Waals surface area contributed by atoms with E-state index < -0.39 is 15.6 Å². The van der Waals surface area contributed by atoms with Crippen molar-refractivity contribution in [1.82, 2.24) is 24.6 Å². The van der Waals surface area contributed by atoms with E-state index in [0.717, 1.165) is 22.3 Å². The second-order valence-corrected chi connectivity index (χ2v) is 12.0. The summed E-state index contributed by atoms with van der Waals surface area (Å²) in [5.74, 6) is 0. The minimum absolute atomic E-state index is 0.118. The molecule has 0 unspecified atom stereocenters. The Balaban J connectivity index is 1.50.